The first-order valence-electron chi connectivity index (χ1n) is 7.41. The normalized spacial score (nSPS) is 22.3. The number of para-hydroxylation sites is 1. The highest BCUT2D eigenvalue weighted by Gasteiger charge is 2.24. The number of pyridine rings is 1. The Bertz CT molecular complexity index is 661. The highest BCUT2D eigenvalue weighted by atomic mass is 16.5. The summed E-state index contributed by atoms with van der Waals surface area (Å²) in [5, 5.41) is 0.833. The van der Waals surface area contributed by atoms with E-state index >= 15 is 0 Å². The molecule has 21 heavy (non-hydrogen) atoms. The van der Waals surface area contributed by atoms with Gasteiger partial charge in [0, 0.05) is 24.1 Å². The van der Waals surface area contributed by atoms with E-state index in [2.05, 4.69) is 0 Å². The average molecular weight is 284 g/mol. The zero-order chi connectivity index (χ0) is 14.8. The van der Waals surface area contributed by atoms with Crippen LogP contribution in [-0.2, 0) is 4.74 Å². The zero-order valence-corrected chi connectivity index (χ0v) is 12.2. The van der Waals surface area contributed by atoms with Crippen LogP contribution < -0.4 is 5.73 Å². The first kappa shape index (κ1) is 14.0. The Balaban J connectivity index is 1.98. The molecule has 2 aromatic rings. The molecule has 4 heteroatoms. The molecule has 0 spiro atoms. The topological polar surface area (TPSA) is 65.2 Å². The van der Waals surface area contributed by atoms with Gasteiger partial charge in [-0.1, -0.05) is 18.2 Å². The predicted octanol–water partition coefficient (Wildman–Crippen LogP) is 3.01. The largest absolute Gasteiger partial charge is 0.381 e. The Hall–Kier alpha value is -1.94. The van der Waals surface area contributed by atoms with Crippen LogP contribution in [-0.4, -0.2) is 24.1 Å². The number of carbonyl (C=O) groups is 1. The SMILES string of the molecule is CO[C@H]1CC[C@H](c2cc(C(N)=O)c3ccccc3n2)CC1. The molecule has 1 saturated carbocycles. The minimum atomic E-state index is -0.388. The van der Waals surface area contributed by atoms with Crippen LogP contribution in [0.25, 0.3) is 10.9 Å². The maximum absolute atomic E-state index is 11.7. The number of fused-ring (bicyclic) bond motifs is 1. The fourth-order valence-corrected chi connectivity index (χ4v) is 3.20. The fraction of sp³-hybridized carbons (Fsp3) is 0.412. The van der Waals surface area contributed by atoms with Gasteiger partial charge in [0.25, 0.3) is 0 Å². The first-order valence-corrected chi connectivity index (χ1v) is 7.41. The molecule has 1 fully saturated rings. The number of rotatable bonds is 3. The molecule has 110 valence electrons. The van der Waals surface area contributed by atoms with Crippen molar-refractivity contribution in [3.05, 3.63) is 41.6 Å². The summed E-state index contributed by atoms with van der Waals surface area (Å²) >= 11 is 0. The van der Waals surface area contributed by atoms with Gasteiger partial charge in [0.1, 0.15) is 0 Å². The lowest BCUT2D eigenvalue weighted by Gasteiger charge is -2.27. The number of hydrogen-bond acceptors (Lipinski definition) is 3. The van der Waals surface area contributed by atoms with Crippen molar-refractivity contribution in [2.45, 2.75) is 37.7 Å². The molecule has 3 rings (SSSR count). The second-order valence-corrected chi connectivity index (χ2v) is 5.69. The van der Waals surface area contributed by atoms with E-state index in [0.717, 1.165) is 42.3 Å². The molecule has 4 nitrogen and oxygen atoms in total. The number of carbonyl (C=O) groups excluding carboxylic acids is 1. The molecule has 0 aliphatic heterocycles. The van der Waals surface area contributed by atoms with E-state index in [1.54, 1.807) is 7.11 Å². The zero-order valence-electron chi connectivity index (χ0n) is 12.2. The number of hydrogen-bond donors (Lipinski definition) is 1. The highest BCUT2D eigenvalue weighted by Crippen LogP contribution is 2.34. The average Bonchev–Trinajstić information content (AvgIpc) is 2.53. The van der Waals surface area contributed by atoms with Crippen molar-refractivity contribution in [3.63, 3.8) is 0 Å². The van der Waals surface area contributed by atoms with Crippen LogP contribution >= 0.6 is 0 Å². The van der Waals surface area contributed by atoms with Gasteiger partial charge >= 0.3 is 0 Å². The van der Waals surface area contributed by atoms with Crippen molar-refractivity contribution in [1.29, 1.82) is 0 Å². The van der Waals surface area contributed by atoms with E-state index in [4.69, 9.17) is 15.5 Å². The summed E-state index contributed by atoms with van der Waals surface area (Å²) in [6, 6.07) is 9.55. The summed E-state index contributed by atoms with van der Waals surface area (Å²) in [6.45, 7) is 0. The van der Waals surface area contributed by atoms with Crippen molar-refractivity contribution in [1.82, 2.24) is 4.98 Å². The fourth-order valence-electron chi connectivity index (χ4n) is 3.20. The number of methoxy groups -OCH3 is 1. The van der Waals surface area contributed by atoms with Gasteiger partial charge in [0.05, 0.1) is 17.2 Å². The molecule has 1 aromatic carbocycles. The summed E-state index contributed by atoms with van der Waals surface area (Å²) in [6.07, 6.45) is 4.53. The summed E-state index contributed by atoms with van der Waals surface area (Å²) in [5.74, 6) is -0.000432. The Morgan fingerprint density at radius 2 is 1.95 bits per heavy atom. The van der Waals surface area contributed by atoms with Crippen LogP contribution in [0.1, 0.15) is 47.7 Å². The van der Waals surface area contributed by atoms with E-state index in [0.29, 0.717) is 17.6 Å². The van der Waals surface area contributed by atoms with Crippen LogP contribution in [0.3, 0.4) is 0 Å². The van der Waals surface area contributed by atoms with E-state index in [1.165, 1.54) is 0 Å². The molecule has 2 N–H and O–H groups in total. The first-order chi connectivity index (χ1) is 10.2. The van der Waals surface area contributed by atoms with Gasteiger partial charge < -0.3 is 10.5 Å². The van der Waals surface area contributed by atoms with Gasteiger partial charge in [0.2, 0.25) is 5.91 Å². The van der Waals surface area contributed by atoms with Crippen LogP contribution in [0, 0.1) is 0 Å². The molecule has 1 amide bonds. The number of aromatic nitrogens is 1. The van der Waals surface area contributed by atoms with Gasteiger partial charge in [-0.2, -0.15) is 0 Å². The van der Waals surface area contributed by atoms with E-state index in [9.17, 15) is 4.79 Å². The standard InChI is InChI=1S/C17H20N2O2/c1-21-12-8-6-11(7-9-12)16-10-14(17(18)20)13-4-2-3-5-15(13)19-16/h2-5,10-12H,6-9H2,1H3,(H2,18,20)/t11-,12-. The summed E-state index contributed by atoms with van der Waals surface area (Å²) in [7, 11) is 1.77. The van der Waals surface area contributed by atoms with Crippen LogP contribution in [0.4, 0.5) is 0 Å². The van der Waals surface area contributed by atoms with Crippen molar-refractivity contribution in [2.24, 2.45) is 5.73 Å². The number of primary amides is 1. The third-order valence-corrected chi connectivity index (χ3v) is 4.43. The van der Waals surface area contributed by atoms with Crippen LogP contribution in [0.2, 0.25) is 0 Å². The van der Waals surface area contributed by atoms with Crippen molar-refractivity contribution in [2.75, 3.05) is 7.11 Å². The predicted molar refractivity (Wildman–Crippen MR) is 82.3 cm³/mol. The second-order valence-electron chi connectivity index (χ2n) is 5.69. The third-order valence-electron chi connectivity index (χ3n) is 4.43. The van der Waals surface area contributed by atoms with E-state index < -0.39 is 0 Å². The lowest BCUT2D eigenvalue weighted by atomic mass is 9.84. The number of amides is 1. The number of nitrogens with two attached hydrogens (primary N) is 1. The molecule has 1 aliphatic rings. The quantitative estimate of drug-likeness (QED) is 0.942. The Kier molecular flexibility index (Phi) is 3.88. The molecule has 0 bridgehead atoms. The highest BCUT2D eigenvalue weighted by molar-refractivity contribution is 6.05. The number of nitrogens with zero attached hydrogens (tertiary/aromatic N) is 1. The summed E-state index contributed by atoms with van der Waals surface area (Å²) in [5.41, 5.74) is 7.94. The summed E-state index contributed by atoms with van der Waals surface area (Å²) in [4.78, 5) is 16.5. The lowest BCUT2D eigenvalue weighted by molar-refractivity contribution is 0.0655. The number of benzene rings is 1. The molecule has 0 unspecified atom stereocenters. The van der Waals surface area contributed by atoms with Crippen molar-refractivity contribution < 1.29 is 9.53 Å². The minimum Gasteiger partial charge on any atom is -0.381 e. The molecular formula is C17H20N2O2. The van der Waals surface area contributed by atoms with Gasteiger partial charge in [-0.15, -0.1) is 0 Å². The molecular weight excluding hydrogens is 264 g/mol. The molecule has 0 saturated heterocycles. The second kappa shape index (κ2) is 5.82. The van der Waals surface area contributed by atoms with Gasteiger partial charge in [0.15, 0.2) is 0 Å². The number of ether oxygens (including phenoxy) is 1. The minimum absolute atomic E-state index is 0.359. The molecule has 1 aromatic heterocycles. The van der Waals surface area contributed by atoms with Crippen LogP contribution in [0.15, 0.2) is 30.3 Å². The molecule has 0 atom stereocenters. The lowest BCUT2D eigenvalue weighted by Crippen LogP contribution is -2.20. The monoisotopic (exact) mass is 284 g/mol. The maximum atomic E-state index is 11.7. The maximum Gasteiger partial charge on any atom is 0.249 e. The van der Waals surface area contributed by atoms with Crippen molar-refractivity contribution >= 4 is 16.8 Å². The van der Waals surface area contributed by atoms with Crippen LogP contribution in [0.5, 0.6) is 0 Å². The van der Waals surface area contributed by atoms with Gasteiger partial charge in [-0.3, -0.25) is 9.78 Å². The Morgan fingerprint density at radius 1 is 1.24 bits per heavy atom. The van der Waals surface area contributed by atoms with Crippen molar-refractivity contribution in [3.8, 4) is 0 Å². The molecule has 1 aliphatic carbocycles. The molecule has 0 radical (unpaired) electrons. The summed E-state index contributed by atoms with van der Waals surface area (Å²) < 4.78 is 5.41. The van der Waals surface area contributed by atoms with Gasteiger partial charge in [-0.05, 0) is 37.8 Å². The van der Waals surface area contributed by atoms with E-state index in [1.807, 2.05) is 30.3 Å². The smallest absolute Gasteiger partial charge is 0.249 e. The Labute approximate surface area is 124 Å². The van der Waals surface area contributed by atoms with E-state index in [-0.39, 0.29) is 5.91 Å². The van der Waals surface area contributed by atoms with Gasteiger partial charge in [-0.25, -0.2) is 0 Å². The molecule has 1 heterocycles. The Morgan fingerprint density at radius 3 is 2.62 bits per heavy atom. The third kappa shape index (κ3) is 2.76.